The summed E-state index contributed by atoms with van der Waals surface area (Å²) in [6.45, 7) is 13.2. The minimum Gasteiger partial charge on any atom is -0.488 e. The molecule has 38 heavy (non-hydrogen) atoms. The quantitative estimate of drug-likeness (QED) is 0.329. The largest absolute Gasteiger partial charge is 0.488 e. The number of hydrogen-bond acceptors (Lipinski definition) is 6. The van der Waals surface area contributed by atoms with Crippen LogP contribution >= 0.6 is 0 Å². The van der Waals surface area contributed by atoms with Gasteiger partial charge in [-0.1, -0.05) is 36.4 Å². The molecule has 0 aliphatic carbocycles. The smallest absolute Gasteiger partial charge is 0.241 e. The van der Waals surface area contributed by atoms with E-state index >= 15 is 0 Å². The molecule has 8 nitrogen and oxygen atoms in total. The summed E-state index contributed by atoms with van der Waals surface area (Å²) in [4.78, 5) is 27.7. The van der Waals surface area contributed by atoms with Crippen molar-refractivity contribution in [3.8, 4) is 5.75 Å². The second-order valence-electron chi connectivity index (χ2n) is 10.2. The monoisotopic (exact) mass is 527 g/mol. The number of ether oxygens (including phenoxy) is 3. The van der Waals surface area contributed by atoms with Crippen LogP contribution in [0.1, 0.15) is 59.1 Å². The zero-order chi connectivity index (χ0) is 28.1. The molecule has 2 amide bonds. The molecule has 2 aromatic rings. The van der Waals surface area contributed by atoms with Gasteiger partial charge >= 0.3 is 0 Å². The Morgan fingerprint density at radius 2 is 1.66 bits per heavy atom. The highest BCUT2D eigenvalue weighted by Crippen LogP contribution is 2.27. The topological polar surface area (TPSA) is 103 Å². The number of nitrogens with two attached hydrogens (primary N) is 1. The second-order valence-corrected chi connectivity index (χ2v) is 10.2. The second kappa shape index (κ2) is 15.5. The molecule has 0 aliphatic heterocycles. The van der Waals surface area contributed by atoms with Crippen molar-refractivity contribution in [3.63, 3.8) is 0 Å². The number of hydrogen-bond donors (Lipinski definition) is 2. The molecule has 1 atom stereocenters. The fourth-order valence-electron chi connectivity index (χ4n) is 3.89. The fourth-order valence-corrected chi connectivity index (χ4v) is 3.89. The van der Waals surface area contributed by atoms with Gasteiger partial charge in [0.1, 0.15) is 11.4 Å². The summed E-state index contributed by atoms with van der Waals surface area (Å²) in [5.41, 5.74) is 7.98. The minimum absolute atomic E-state index is 0.00942. The van der Waals surface area contributed by atoms with E-state index in [0.717, 1.165) is 17.5 Å². The average Bonchev–Trinajstić information content (AvgIpc) is 2.85. The Morgan fingerprint density at radius 3 is 2.24 bits per heavy atom. The van der Waals surface area contributed by atoms with E-state index in [-0.39, 0.29) is 18.2 Å². The van der Waals surface area contributed by atoms with Gasteiger partial charge in [-0.25, -0.2) is 0 Å². The van der Waals surface area contributed by atoms with Gasteiger partial charge in [-0.2, -0.15) is 0 Å². The van der Waals surface area contributed by atoms with Gasteiger partial charge < -0.3 is 30.2 Å². The van der Waals surface area contributed by atoms with Crippen LogP contribution < -0.4 is 15.8 Å². The molecule has 2 rings (SSSR count). The molecule has 0 saturated heterocycles. The molecule has 0 fully saturated rings. The lowest BCUT2D eigenvalue weighted by molar-refractivity contribution is -0.158. The van der Waals surface area contributed by atoms with E-state index in [2.05, 4.69) is 17.4 Å². The first-order chi connectivity index (χ1) is 18.0. The first kappa shape index (κ1) is 31.3. The van der Waals surface area contributed by atoms with Gasteiger partial charge in [0.2, 0.25) is 11.8 Å². The predicted molar refractivity (Wildman–Crippen MR) is 151 cm³/mol. The van der Waals surface area contributed by atoms with Crippen molar-refractivity contribution in [2.45, 2.75) is 78.7 Å². The van der Waals surface area contributed by atoms with Crippen LogP contribution in [0.4, 0.5) is 5.69 Å². The molecular weight excluding hydrogens is 482 g/mol. The van der Waals surface area contributed by atoms with Crippen molar-refractivity contribution in [1.82, 2.24) is 4.90 Å². The van der Waals surface area contributed by atoms with E-state index in [9.17, 15) is 9.59 Å². The van der Waals surface area contributed by atoms with Gasteiger partial charge in [0.15, 0.2) is 6.29 Å². The van der Waals surface area contributed by atoms with E-state index in [0.29, 0.717) is 44.2 Å². The summed E-state index contributed by atoms with van der Waals surface area (Å²) in [6, 6.07) is 15.0. The molecule has 2 aromatic carbocycles. The fraction of sp³-hybridized carbons (Fsp3) is 0.533. The van der Waals surface area contributed by atoms with Gasteiger partial charge in [-0.3, -0.25) is 9.59 Å². The third-order valence-electron chi connectivity index (χ3n) is 5.73. The molecule has 0 aliphatic rings. The lowest BCUT2D eigenvalue weighted by Crippen LogP contribution is -2.41. The highest BCUT2D eigenvalue weighted by molar-refractivity contribution is 5.95. The third kappa shape index (κ3) is 11.2. The Balaban J connectivity index is 2.20. The highest BCUT2D eigenvalue weighted by atomic mass is 16.7. The number of aryl methyl sites for hydroxylation is 1. The Kier molecular flexibility index (Phi) is 12.7. The lowest BCUT2D eigenvalue weighted by Gasteiger charge is -2.28. The first-order valence-electron chi connectivity index (χ1n) is 13.5. The number of carbonyl (C=O) groups excluding carboxylic acids is 2. The van der Waals surface area contributed by atoms with Crippen LogP contribution in [0.3, 0.4) is 0 Å². The van der Waals surface area contributed by atoms with Crippen LogP contribution in [0, 0.1) is 0 Å². The summed E-state index contributed by atoms with van der Waals surface area (Å²) in [7, 11) is 0. The maximum absolute atomic E-state index is 13.5. The third-order valence-corrected chi connectivity index (χ3v) is 5.73. The van der Waals surface area contributed by atoms with Gasteiger partial charge in [-0.05, 0) is 71.6 Å². The number of carbonyl (C=O) groups is 2. The van der Waals surface area contributed by atoms with Gasteiger partial charge in [-0.15, -0.1) is 0 Å². The zero-order valence-electron chi connectivity index (χ0n) is 23.8. The molecule has 0 aromatic heterocycles. The van der Waals surface area contributed by atoms with E-state index in [4.69, 9.17) is 19.9 Å². The van der Waals surface area contributed by atoms with Crippen LogP contribution in [-0.2, 0) is 31.9 Å². The lowest BCUT2D eigenvalue weighted by atomic mass is 10.1. The van der Waals surface area contributed by atoms with Crippen LogP contribution in [0.5, 0.6) is 5.75 Å². The van der Waals surface area contributed by atoms with Crippen molar-refractivity contribution in [2.75, 3.05) is 31.6 Å². The summed E-state index contributed by atoms with van der Waals surface area (Å²) in [6.07, 6.45) is 0.949. The van der Waals surface area contributed by atoms with Crippen LogP contribution in [0.25, 0.3) is 0 Å². The molecule has 0 radical (unpaired) electrons. The Bertz CT molecular complexity index is 999. The van der Waals surface area contributed by atoms with Crippen molar-refractivity contribution >= 4 is 17.5 Å². The Labute approximate surface area is 227 Å². The molecular formula is C30H45N3O5. The maximum Gasteiger partial charge on any atom is 0.241 e. The van der Waals surface area contributed by atoms with Gasteiger partial charge in [0, 0.05) is 37.9 Å². The van der Waals surface area contributed by atoms with Crippen LogP contribution in [0.2, 0.25) is 0 Å². The van der Waals surface area contributed by atoms with Crippen LogP contribution in [0.15, 0.2) is 48.5 Å². The number of nitrogens with one attached hydrogen (secondary N) is 1. The van der Waals surface area contributed by atoms with Crippen LogP contribution in [-0.4, -0.2) is 61.0 Å². The minimum atomic E-state index is -0.667. The number of amides is 2. The van der Waals surface area contributed by atoms with Crippen molar-refractivity contribution in [2.24, 2.45) is 5.73 Å². The van der Waals surface area contributed by atoms with Crippen molar-refractivity contribution in [1.29, 1.82) is 0 Å². The van der Waals surface area contributed by atoms with E-state index in [1.165, 1.54) is 0 Å². The van der Waals surface area contributed by atoms with Crippen molar-refractivity contribution in [3.05, 3.63) is 59.7 Å². The van der Waals surface area contributed by atoms with E-state index in [1.807, 2.05) is 65.0 Å². The van der Waals surface area contributed by atoms with E-state index in [1.54, 1.807) is 17.9 Å². The Hall–Kier alpha value is -2.94. The SMILES string of the molecule is CCOC(CN(CCc1ccccc1)C(=O)CCc1ccc(OC(C)(C)C)cc1NC(=O)C(C)N)OCC. The number of rotatable bonds is 15. The predicted octanol–water partition coefficient (Wildman–Crippen LogP) is 4.55. The molecule has 1 unspecified atom stereocenters. The van der Waals surface area contributed by atoms with Gasteiger partial charge in [0.25, 0.3) is 0 Å². The molecule has 0 spiro atoms. The number of benzene rings is 2. The number of anilines is 1. The molecule has 0 heterocycles. The maximum atomic E-state index is 13.5. The van der Waals surface area contributed by atoms with Gasteiger partial charge in [0.05, 0.1) is 12.6 Å². The normalized spacial score (nSPS) is 12.3. The molecule has 3 N–H and O–H groups in total. The first-order valence-corrected chi connectivity index (χ1v) is 13.5. The molecule has 8 heteroatoms. The van der Waals surface area contributed by atoms with E-state index < -0.39 is 17.9 Å². The highest BCUT2D eigenvalue weighted by Gasteiger charge is 2.21. The Morgan fingerprint density at radius 1 is 1.00 bits per heavy atom. The summed E-state index contributed by atoms with van der Waals surface area (Å²) in [5.74, 6) is 0.323. The zero-order valence-corrected chi connectivity index (χ0v) is 23.8. The van der Waals surface area contributed by atoms with Crippen molar-refractivity contribution < 1.29 is 23.8 Å². The summed E-state index contributed by atoms with van der Waals surface area (Å²) in [5, 5.41) is 2.89. The summed E-state index contributed by atoms with van der Waals surface area (Å²) < 4.78 is 17.4. The summed E-state index contributed by atoms with van der Waals surface area (Å²) >= 11 is 0. The standard InChI is InChI=1S/C30H45N3O5/c1-7-36-28(37-8-2)21-33(19-18-23-12-10-9-11-13-23)27(34)17-15-24-14-16-25(38-30(4,5)6)20-26(24)32-29(35)22(3)31/h9-14,16,20,22,28H,7-8,15,17-19,21,31H2,1-6H3,(H,32,35). The average molecular weight is 528 g/mol. The molecule has 210 valence electrons. The number of nitrogens with zero attached hydrogens (tertiary/aromatic N) is 1. The molecule has 0 saturated carbocycles. The molecule has 0 bridgehead atoms.